The molecule has 3 aromatic rings. The summed E-state index contributed by atoms with van der Waals surface area (Å²) in [6.45, 7) is 3.84. The summed E-state index contributed by atoms with van der Waals surface area (Å²) in [5.74, 6) is -2.06. The van der Waals surface area contributed by atoms with Crippen LogP contribution in [0.15, 0.2) is 54.6 Å². The van der Waals surface area contributed by atoms with Gasteiger partial charge in [-0.25, -0.2) is 0 Å². The second kappa shape index (κ2) is 11.0. The monoisotopic (exact) mass is 598 g/mol. The number of ether oxygens (including phenoxy) is 1. The number of anilines is 2. The summed E-state index contributed by atoms with van der Waals surface area (Å²) in [5.41, 5.74) is 3.74. The first-order valence-corrected chi connectivity index (χ1v) is 13.2. The van der Waals surface area contributed by atoms with Crippen LogP contribution in [-0.2, 0) is 9.53 Å². The molecule has 0 aromatic heterocycles. The lowest BCUT2D eigenvalue weighted by Gasteiger charge is -2.15. The maximum absolute atomic E-state index is 13.1. The molecule has 1 aliphatic rings. The van der Waals surface area contributed by atoms with Crippen molar-refractivity contribution >= 4 is 81.2 Å². The molecule has 1 aliphatic carbocycles. The molecule has 0 bridgehead atoms. The fourth-order valence-electron chi connectivity index (χ4n) is 4.23. The normalized spacial score (nSPS) is 18.7. The van der Waals surface area contributed by atoms with E-state index in [0.29, 0.717) is 27.0 Å². The van der Waals surface area contributed by atoms with Crippen LogP contribution in [0.3, 0.4) is 0 Å². The van der Waals surface area contributed by atoms with E-state index in [9.17, 15) is 9.59 Å². The quantitative estimate of drug-likeness (QED) is 0.268. The van der Waals surface area contributed by atoms with Crippen LogP contribution in [0.4, 0.5) is 11.4 Å². The van der Waals surface area contributed by atoms with Crippen molar-refractivity contribution in [3.8, 4) is 0 Å². The van der Waals surface area contributed by atoms with Gasteiger partial charge in [0.25, 0.3) is 5.91 Å². The SMILES string of the molecule is COC(C)c1ccc(NC(=O)c2cc(NC(=O)C3C(c4cc(Cl)cc(Cl)c4)C3(Cl)Cl)ccc2Cl)c(C)c1. The first-order chi connectivity index (χ1) is 17.4. The highest BCUT2D eigenvalue weighted by molar-refractivity contribution is 6.53. The lowest BCUT2D eigenvalue weighted by molar-refractivity contribution is -0.117. The molecule has 3 unspecified atom stereocenters. The Morgan fingerprint density at radius 2 is 1.62 bits per heavy atom. The second-order valence-corrected chi connectivity index (χ2v) is 11.6. The van der Waals surface area contributed by atoms with E-state index in [2.05, 4.69) is 10.6 Å². The summed E-state index contributed by atoms with van der Waals surface area (Å²) in [6, 6.07) is 15.2. The average Bonchev–Trinajstić information content (AvgIpc) is 3.42. The Morgan fingerprint density at radius 1 is 0.946 bits per heavy atom. The van der Waals surface area contributed by atoms with E-state index in [4.69, 9.17) is 62.7 Å². The van der Waals surface area contributed by atoms with Gasteiger partial charge in [0.1, 0.15) is 4.33 Å². The van der Waals surface area contributed by atoms with Gasteiger partial charge in [0.15, 0.2) is 0 Å². The van der Waals surface area contributed by atoms with E-state index in [-0.39, 0.29) is 16.7 Å². The van der Waals surface area contributed by atoms with Crippen molar-refractivity contribution in [2.75, 3.05) is 17.7 Å². The van der Waals surface area contributed by atoms with Crippen molar-refractivity contribution < 1.29 is 14.3 Å². The minimum Gasteiger partial charge on any atom is -0.377 e. The predicted octanol–water partition coefficient (Wildman–Crippen LogP) is 8.44. The summed E-state index contributed by atoms with van der Waals surface area (Å²) >= 11 is 31.4. The van der Waals surface area contributed by atoms with E-state index < -0.39 is 28.0 Å². The lowest BCUT2D eigenvalue weighted by Crippen LogP contribution is -2.18. The van der Waals surface area contributed by atoms with E-state index >= 15 is 0 Å². The van der Waals surface area contributed by atoms with Gasteiger partial charge in [0, 0.05) is 34.4 Å². The van der Waals surface area contributed by atoms with Crippen molar-refractivity contribution in [1.29, 1.82) is 0 Å². The minimum absolute atomic E-state index is 0.0696. The standard InChI is InChI=1S/C27H23Cl5N2O3/c1-13-8-15(14(2)37-3)4-7-22(13)34-25(35)20-12-19(5-6-21(20)30)33-26(36)24-23(27(24,31)32)16-9-17(28)11-18(29)10-16/h4-12,14,23-24H,1-3H3,(H,33,36)(H,34,35). The van der Waals surface area contributed by atoms with Gasteiger partial charge in [-0.15, -0.1) is 23.2 Å². The predicted molar refractivity (Wildman–Crippen MR) is 152 cm³/mol. The van der Waals surface area contributed by atoms with E-state index in [1.54, 1.807) is 31.4 Å². The van der Waals surface area contributed by atoms with Crippen LogP contribution in [0.5, 0.6) is 0 Å². The number of nitrogens with one attached hydrogen (secondary N) is 2. The van der Waals surface area contributed by atoms with Crippen LogP contribution in [-0.4, -0.2) is 23.3 Å². The molecule has 0 heterocycles. The van der Waals surface area contributed by atoms with Gasteiger partial charge in [-0.3, -0.25) is 9.59 Å². The van der Waals surface area contributed by atoms with Crippen molar-refractivity contribution in [3.63, 3.8) is 0 Å². The molecule has 194 valence electrons. The number of methoxy groups -OCH3 is 1. The molecule has 2 N–H and O–H groups in total. The van der Waals surface area contributed by atoms with Crippen molar-refractivity contribution in [1.82, 2.24) is 0 Å². The van der Waals surface area contributed by atoms with E-state index in [1.165, 1.54) is 12.1 Å². The summed E-state index contributed by atoms with van der Waals surface area (Å²) in [6.07, 6.45) is -0.0696. The molecular weight excluding hydrogens is 578 g/mol. The smallest absolute Gasteiger partial charge is 0.257 e. The number of carbonyl (C=O) groups is 2. The summed E-state index contributed by atoms with van der Waals surface area (Å²) in [7, 11) is 1.64. The molecule has 4 rings (SSSR count). The summed E-state index contributed by atoms with van der Waals surface area (Å²) in [4.78, 5) is 26.1. The third-order valence-electron chi connectivity index (χ3n) is 6.38. The number of amides is 2. The maximum atomic E-state index is 13.1. The third-order valence-corrected chi connectivity index (χ3v) is 8.09. The van der Waals surface area contributed by atoms with Crippen LogP contribution in [0, 0.1) is 12.8 Å². The van der Waals surface area contributed by atoms with Crippen molar-refractivity contribution in [2.24, 2.45) is 5.92 Å². The van der Waals surface area contributed by atoms with Gasteiger partial charge in [-0.05, 0) is 73.0 Å². The Labute approximate surface area is 240 Å². The van der Waals surface area contributed by atoms with Gasteiger partial charge in [0.05, 0.1) is 22.6 Å². The van der Waals surface area contributed by atoms with Crippen LogP contribution < -0.4 is 10.6 Å². The number of hydrogen-bond donors (Lipinski definition) is 2. The Morgan fingerprint density at radius 3 is 2.24 bits per heavy atom. The van der Waals surface area contributed by atoms with Gasteiger partial charge in [-0.2, -0.15) is 0 Å². The van der Waals surface area contributed by atoms with Gasteiger partial charge >= 0.3 is 0 Å². The number of rotatable bonds is 7. The number of alkyl halides is 2. The average molecular weight is 601 g/mol. The Balaban J connectivity index is 1.50. The first-order valence-electron chi connectivity index (χ1n) is 11.3. The number of carbonyl (C=O) groups excluding carboxylic acids is 2. The van der Waals surface area contributed by atoms with Gasteiger partial charge < -0.3 is 15.4 Å². The number of halogens is 5. The third kappa shape index (κ3) is 6.03. The Hall–Kier alpha value is -1.99. The molecule has 0 saturated heterocycles. The fraction of sp³-hybridized carbons (Fsp3) is 0.259. The van der Waals surface area contributed by atoms with Crippen LogP contribution in [0.1, 0.15) is 46.0 Å². The lowest BCUT2D eigenvalue weighted by atomic mass is 10.1. The molecule has 2 amide bonds. The highest BCUT2D eigenvalue weighted by atomic mass is 35.5. The van der Waals surface area contributed by atoms with Crippen molar-refractivity contribution in [2.45, 2.75) is 30.2 Å². The minimum atomic E-state index is -1.32. The molecule has 0 radical (unpaired) electrons. The molecule has 5 nitrogen and oxygen atoms in total. The highest BCUT2D eigenvalue weighted by Gasteiger charge is 2.67. The molecule has 10 heteroatoms. The topological polar surface area (TPSA) is 67.4 Å². The van der Waals surface area contributed by atoms with E-state index in [0.717, 1.165) is 11.1 Å². The molecule has 0 aliphatic heterocycles. The Kier molecular flexibility index (Phi) is 8.34. The van der Waals surface area contributed by atoms with Crippen LogP contribution in [0.25, 0.3) is 0 Å². The highest BCUT2D eigenvalue weighted by Crippen LogP contribution is 2.65. The summed E-state index contributed by atoms with van der Waals surface area (Å²) in [5, 5.41) is 6.74. The van der Waals surface area contributed by atoms with E-state index in [1.807, 2.05) is 32.0 Å². The molecule has 3 atom stereocenters. The zero-order valence-electron chi connectivity index (χ0n) is 20.0. The Bertz CT molecular complexity index is 1360. The molecule has 1 fully saturated rings. The molecule has 0 spiro atoms. The molecule has 37 heavy (non-hydrogen) atoms. The van der Waals surface area contributed by atoms with Crippen molar-refractivity contribution in [3.05, 3.63) is 91.9 Å². The van der Waals surface area contributed by atoms with Crippen LogP contribution in [0.2, 0.25) is 15.1 Å². The first kappa shape index (κ1) is 28.0. The zero-order chi connectivity index (χ0) is 27.1. The summed E-state index contributed by atoms with van der Waals surface area (Å²) < 4.78 is 4.03. The number of hydrogen-bond acceptors (Lipinski definition) is 3. The zero-order valence-corrected chi connectivity index (χ0v) is 23.8. The molecule has 3 aromatic carbocycles. The second-order valence-electron chi connectivity index (χ2n) is 8.92. The van der Waals surface area contributed by atoms with Gasteiger partial charge in [0.2, 0.25) is 5.91 Å². The van der Waals surface area contributed by atoms with Gasteiger partial charge in [-0.1, -0.05) is 46.9 Å². The largest absolute Gasteiger partial charge is 0.377 e. The molecular formula is C27H23Cl5N2O3. The number of benzene rings is 3. The molecule has 1 saturated carbocycles. The maximum Gasteiger partial charge on any atom is 0.257 e. The number of aryl methyl sites for hydroxylation is 1. The van der Waals surface area contributed by atoms with Crippen LogP contribution >= 0.6 is 58.0 Å². The fourth-order valence-corrected chi connectivity index (χ4v) is 5.80.